The number of hydrogen-bond donors (Lipinski definition) is 0. The van der Waals surface area contributed by atoms with Gasteiger partial charge in [-0.25, -0.2) is 0 Å². The number of nitrogens with zero attached hydrogens (tertiary/aromatic N) is 5. The number of rotatable bonds is 5. The first-order chi connectivity index (χ1) is 12.7. The second-order valence-corrected chi connectivity index (χ2v) is 7.17. The summed E-state index contributed by atoms with van der Waals surface area (Å²) >= 11 is 1.60. The molecule has 0 aliphatic carbocycles. The van der Waals surface area contributed by atoms with Crippen LogP contribution in [-0.4, -0.2) is 46.2 Å². The molecule has 0 spiro atoms. The molecule has 0 radical (unpaired) electrons. The van der Waals surface area contributed by atoms with Gasteiger partial charge in [0.2, 0.25) is 5.95 Å². The lowest BCUT2D eigenvalue weighted by atomic mass is 10.2. The smallest absolute Gasteiger partial charge is 0.232 e. The first kappa shape index (κ1) is 17.1. The van der Waals surface area contributed by atoms with E-state index in [0.717, 1.165) is 41.3 Å². The van der Waals surface area contributed by atoms with Crippen LogP contribution >= 0.6 is 11.8 Å². The summed E-state index contributed by atoms with van der Waals surface area (Å²) in [5.74, 6) is 2.35. The molecule has 0 N–H and O–H groups in total. The summed E-state index contributed by atoms with van der Waals surface area (Å²) in [5.41, 5.74) is 3.16. The Balaban J connectivity index is 1.69. The molecule has 0 bridgehead atoms. The van der Waals surface area contributed by atoms with Crippen molar-refractivity contribution in [2.45, 2.75) is 24.8 Å². The zero-order valence-corrected chi connectivity index (χ0v) is 15.7. The van der Waals surface area contributed by atoms with Gasteiger partial charge in [-0.05, 0) is 25.5 Å². The molecule has 1 aliphatic heterocycles. The molecule has 1 aliphatic rings. The zero-order chi connectivity index (χ0) is 17.9. The minimum Gasteiger partial charge on any atom is -0.378 e. The van der Waals surface area contributed by atoms with Crippen LogP contribution in [0.25, 0.3) is 5.69 Å². The van der Waals surface area contributed by atoms with Gasteiger partial charge in [0.05, 0.1) is 30.3 Å². The SMILES string of the molecule is Cc1cc(CSc2nnc(N3CCOCC3)n2-c2ccccc2C)on1. The Morgan fingerprint density at radius 3 is 2.65 bits per heavy atom. The van der Waals surface area contributed by atoms with E-state index in [4.69, 9.17) is 9.26 Å². The van der Waals surface area contributed by atoms with Crippen molar-refractivity contribution in [3.63, 3.8) is 0 Å². The molecular weight excluding hydrogens is 350 g/mol. The maximum Gasteiger partial charge on any atom is 0.232 e. The van der Waals surface area contributed by atoms with E-state index in [2.05, 4.69) is 43.9 Å². The number of benzene rings is 1. The van der Waals surface area contributed by atoms with Crippen LogP contribution in [0.5, 0.6) is 0 Å². The molecule has 3 aromatic rings. The number of aromatic nitrogens is 4. The van der Waals surface area contributed by atoms with Crippen LogP contribution in [0, 0.1) is 13.8 Å². The van der Waals surface area contributed by atoms with Crippen molar-refractivity contribution in [3.8, 4) is 5.69 Å². The first-order valence-corrected chi connectivity index (χ1v) is 9.60. The van der Waals surface area contributed by atoms with Crippen LogP contribution in [0.2, 0.25) is 0 Å². The van der Waals surface area contributed by atoms with Gasteiger partial charge in [-0.1, -0.05) is 35.1 Å². The van der Waals surface area contributed by atoms with Gasteiger partial charge in [-0.2, -0.15) is 0 Å². The molecule has 0 amide bonds. The lowest BCUT2D eigenvalue weighted by molar-refractivity contribution is 0.122. The van der Waals surface area contributed by atoms with Crippen molar-refractivity contribution in [2.75, 3.05) is 31.2 Å². The molecule has 2 aromatic heterocycles. The van der Waals surface area contributed by atoms with Crippen molar-refractivity contribution < 1.29 is 9.26 Å². The molecule has 1 fully saturated rings. The van der Waals surface area contributed by atoms with Crippen LogP contribution in [0.4, 0.5) is 5.95 Å². The third kappa shape index (κ3) is 3.47. The Kier molecular flexibility index (Phi) is 4.94. The molecule has 7 nitrogen and oxygen atoms in total. The van der Waals surface area contributed by atoms with E-state index in [1.54, 1.807) is 11.8 Å². The van der Waals surface area contributed by atoms with Crippen LogP contribution in [0.15, 0.2) is 40.0 Å². The third-order valence-electron chi connectivity index (χ3n) is 4.29. The van der Waals surface area contributed by atoms with Gasteiger partial charge >= 0.3 is 0 Å². The molecule has 0 saturated carbocycles. The van der Waals surface area contributed by atoms with Crippen LogP contribution in [-0.2, 0) is 10.5 Å². The van der Waals surface area contributed by atoms with Gasteiger partial charge in [0, 0.05) is 19.2 Å². The van der Waals surface area contributed by atoms with Crippen molar-refractivity contribution in [1.29, 1.82) is 0 Å². The van der Waals surface area contributed by atoms with E-state index in [-0.39, 0.29) is 0 Å². The summed E-state index contributed by atoms with van der Waals surface area (Å²) in [6.45, 7) is 7.07. The lowest BCUT2D eigenvalue weighted by Gasteiger charge is -2.28. The average Bonchev–Trinajstić information content (AvgIpc) is 3.27. The summed E-state index contributed by atoms with van der Waals surface area (Å²) < 4.78 is 12.9. The number of morpholine rings is 1. The van der Waals surface area contributed by atoms with Crippen LogP contribution in [0.1, 0.15) is 17.0 Å². The van der Waals surface area contributed by atoms with Gasteiger partial charge in [-0.15, -0.1) is 10.2 Å². The molecule has 8 heteroatoms. The van der Waals surface area contributed by atoms with Crippen LogP contribution < -0.4 is 4.90 Å². The highest BCUT2D eigenvalue weighted by Crippen LogP contribution is 2.30. The largest absolute Gasteiger partial charge is 0.378 e. The minimum atomic E-state index is 0.661. The number of thioether (sulfide) groups is 1. The maximum atomic E-state index is 5.48. The van der Waals surface area contributed by atoms with Gasteiger partial charge in [0.15, 0.2) is 5.16 Å². The molecule has 1 aromatic carbocycles. The minimum absolute atomic E-state index is 0.661. The number of anilines is 1. The Hall–Kier alpha value is -2.32. The summed E-state index contributed by atoms with van der Waals surface area (Å²) in [5, 5.41) is 13.7. The third-order valence-corrected chi connectivity index (χ3v) is 5.24. The number of para-hydroxylation sites is 1. The molecule has 0 atom stereocenters. The molecular formula is C18H21N5O2S. The molecule has 1 saturated heterocycles. The van der Waals surface area contributed by atoms with Gasteiger partial charge in [-0.3, -0.25) is 4.57 Å². The Labute approximate surface area is 156 Å². The summed E-state index contributed by atoms with van der Waals surface area (Å²) in [7, 11) is 0. The van der Waals surface area contributed by atoms with Crippen molar-refractivity contribution in [1.82, 2.24) is 19.9 Å². The first-order valence-electron chi connectivity index (χ1n) is 8.61. The van der Waals surface area contributed by atoms with Gasteiger partial charge < -0.3 is 14.2 Å². The van der Waals surface area contributed by atoms with E-state index >= 15 is 0 Å². The fourth-order valence-electron chi connectivity index (χ4n) is 2.97. The van der Waals surface area contributed by atoms with E-state index in [1.165, 1.54) is 5.56 Å². The highest BCUT2D eigenvalue weighted by Gasteiger charge is 2.22. The molecule has 0 unspecified atom stereocenters. The molecule has 136 valence electrons. The Bertz CT molecular complexity index is 885. The maximum absolute atomic E-state index is 5.48. The van der Waals surface area contributed by atoms with Crippen molar-refractivity contribution in [2.24, 2.45) is 0 Å². The predicted octanol–water partition coefficient (Wildman–Crippen LogP) is 3.00. The Morgan fingerprint density at radius 2 is 1.92 bits per heavy atom. The topological polar surface area (TPSA) is 69.2 Å². The zero-order valence-electron chi connectivity index (χ0n) is 14.9. The lowest BCUT2D eigenvalue weighted by Crippen LogP contribution is -2.38. The van der Waals surface area contributed by atoms with Crippen LogP contribution in [0.3, 0.4) is 0 Å². The standard InChI is InChI=1S/C18H21N5O2S/c1-13-5-3-4-6-16(13)23-17(22-7-9-24-10-8-22)19-20-18(23)26-12-15-11-14(2)21-25-15/h3-6,11H,7-10,12H2,1-2H3. The van der Waals surface area contributed by atoms with E-state index in [9.17, 15) is 0 Å². The predicted molar refractivity (Wildman–Crippen MR) is 99.9 cm³/mol. The fourth-order valence-corrected chi connectivity index (χ4v) is 3.78. The Morgan fingerprint density at radius 1 is 1.12 bits per heavy atom. The number of ether oxygens (including phenoxy) is 1. The fraction of sp³-hybridized carbons (Fsp3) is 0.389. The number of aryl methyl sites for hydroxylation is 2. The summed E-state index contributed by atoms with van der Waals surface area (Å²) in [6, 6.07) is 10.2. The van der Waals surface area contributed by atoms with E-state index < -0.39 is 0 Å². The van der Waals surface area contributed by atoms with E-state index in [0.29, 0.717) is 19.0 Å². The molecule has 26 heavy (non-hydrogen) atoms. The van der Waals surface area contributed by atoms with Crippen molar-refractivity contribution in [3.05, 3.63) is 47.3 Å². The average molecular weight is 371 g/mol. The highest BCUT2D eigenvalue weighted by atomic mass is 32.2. The monoisotopic (exact) mass is 371 g/mol. The van der Waals surface area contributed by atoms with Crippen molar-refractivity contribution >= 4 is 17.7 Å². The van der Waals surface area contributed by atoms with Gasteiger partial charge in [0.1, 0.15) is 5.76 Å². The second kappa shape index (κ2) is 7.51. The summed E-state index contributed by atoms with van der Waals surface area (Å²) in [4.78, 5) is 2.23. The normalized spacial score (nSPS) is 14.8. The van der Waals surface area contributed by atoms with E-state index in [1.807, 2.05) is 25.1 Å². The summed E-state index contributed by atoms with van der Waals surface area (Å²) in [6.07, 6.45) is 0. The molecule has 3 heterocycles. The quantitative estimate of drug-likeness (QED) is 0.639. The highest BCUT2D eigenvalue weighted by molar-refractivity contribution is 7.98. The molecule has 4 rings (SSSR count). The number of hydrogen-bond acceptors (Lipinski definition) is 7. The second-order valence-electron chi connectivity index (χ2n) is 6.23. The van der Waals surface area contributed by atoms with Gasteiger partial charge in [0.25, 0.3) is 0 Å².